The summed E-state index contributed by atoms with van der Waals surface area (Å²) in [5.41, 5.74) is 10.2. The van der Waals surface area contributed by atoms with Crippen LogP contribution < -0.4 is 10.5 Å². The maximum Gasteiger partial charge on any atom is 0.148 e. The van der Waals surface area contributed by atoms with Crippen LogP contribution in [0.2, 0.25) is 0 Å². The molecule has 100 valence electrons. The molecule has 0 spiro atoms. The van der Waals surface area contributed by atoms with Crippen LogP contribution in [0.5, 0.6) is 5.75 Å². The van der Waals surface area contributed by atoms with E-state index < -0.39 is 0 Å². The van der Waals surface area contributed by atoms with Gasteiger partial charge in [-0.1, -0.05) is 18.2 Å². The number of nitrogen functional groups attached to an aromatic ring is 1. The predicted molar refractivity (Wildman–Crippen MR) is 86.5 cm³/mol. The number of nitrogens with two attached hydrogens (primary N) is 1. The fourth-order valence-electron chi connectivity index (χ4n) is 1.94. The van der Waals surface area contributed by atoms with Gasteiger partial charge in [0.15, 0.2) is 0 Å². The van der Waals surface area contributed by atoms with Crippen molar-refractivity contribution in [3.8, 4) is 5.75 Å². The highest BCUT2D eigenvalue weighted by Crippen LogP contribution is 2.36. The number of rotatable bonds is 3. The molecule has 0 heterocycles. The molecule has 0 radical (unpaired) electrons. The molecule has 0 atom stereocenters. The zero-order valence-electron chi connectivity index (χ0n) is 10.8. The van der Waals surface area contributed by atoms with Crippen LogP contribution in [0.1, 0.15) is 16.7 Å². The fraction of sp³-hybridized carbons (Fsp3) is 0.200. The molecule has 2 aromatic rings. The first kappa shape index (κ1) is 14.4. The lowest BCUT2D eigenvalue weighted by Crippen LogP contribution is -2.02. The maximum absolute atomic E-state index is 5.92. The number of hydrogen-bond donors (Lipinski definition) is 1. The molecule has 2 aromatic carbocycles. The Balaban J connectivity index is 2.24. The van der Waals surface area contributed by atoms with E-state index in [1.54, 1.807) is 0 Å². The van der Waals surface area contributed by atoms with Gasteiger partial charge >= 0.3 is 0 Å². The zero-order valence-corrected chi connectivity index (χ0v) is 14.0. The molecule has 2 N–H and O–H groups in total. The summed E-state index contributed by atoms with van der Waals surface area (Å²) in [7, 11) is 0. The summed E-state index contributed by atoms with van der Waals surface area (Å²) in [4.78, 5) is 0. The van der Waals surface area contributed by atoms with E-state index in [0.717, 1.165) is 14.7 Å². The van der Waals surface area contributed by atoms with Gasteiger partial charge in [-0.2, -0.15) is 0 Å². The van der Waals surface area contributed by atoms with Crippen LogP contribution >= 0.6 is 31.9 Å². The Morgan fingerprint density at radius 1 is 1.05 bits per heavy atom. The Hall–Kier alpha value is -1.000. The molecule has 0 saturated heterocycles. The third-order valence-electron chi connectivity index (χ3n) is 3.03. The van der Waals surface area contributed by atoms with Gasteiger partial charge < -0.3 is 10.5 Å². The Labute approximate surface area is 130 Å². The molecule has 0 fully saturated rings. The summed E-state index contributed by atoms with van der Waals surface area (Å²) in [5, 5.41) is 0. The Bertz CT molecular complexity index is 568. The van der Waals surface area contributed by atoms with E-state index in [1.165, 1.54) is 16.7 Å². The van der Waals surface area contributed by atoms with Gasteiger partial charge in [-0.25, -0.2) is 0 Å². The summed E-state index contributed by atoms with van der Waals surface area (Å²) < 4.78 is 7.63. The van der Waals surface area contributed by atoms with Crippen molar-refractivity contribution >= 4 is 37.5 Å². The standard InChI is InChI=1S/C15H15Br2NO/c1-9-4-3-5-10(2)12(9)8-19-15-13(16)6-11(18)7-14(15)17/h3-7H,8,18H2,1-2H3. The summed E-state index contributed by atoms with van der Waals surface area (Å²) in [5.74, 6) is 0.775. The van der Waals surface area contributed by atoms with Crippen LogP contribution in [-0.4, -0.2) is 0 Å². The predicted octanol–water partition coefficient (Wildman–Crippen LogP) is 4.99. The Morgan fingerprint density at radius 2 is 1.58 bits per heavy atom. The second kappa shape index (κ2) is 5.97. The highest BCUT2D eigenvalue weighted by atomic mass is 79.9. The number of ether oxygens (including phenoxy) is 1. The molecule has 19 heavy (non-hydrogen) atoms. The van der Waals surface area contributed by atoms with E-state index in [4.69, 9.17) is 10.5 Å². The van der Waals surface area contributed by atoms with Crippen LogP contribution in [0.25, 0.3) is 0 Å². The largest absolute Gasteiger partial charge is 0.487 e. The second-order valence-electron chi connectivity index (χ2n) is 4.47. The van der Waals surface area contributed by atoms with Crippen molar-refractivity contribution in [2.24, 2.45) is 0 Å². The molecule has 0 aromatic heterocycles. The summed E-state index contributed by atoms with van der Waals surface area (Å²) in [6.07, 6.45) is 0. The average Bonchev–Trinajstić information content (AvgIpc) is 2.31. The van der Waals surface area contributed by atoms with Crippen molar-refractivity contribution in [2.45, 2.75) is 20.5 Å². The van der Waals surface area contributed by atoms with E-state index in [-0.39, 0.29) is 0 Å². The summed E-state index contributed by atoms with van der Waals surface area (Å²) in [6, 6.07) is 9.93. The van der Waals surface area contributed by atoms with E-state index in [0.29, 0.717) is 12.3 Å². The minimum absolute atomic E-state index is 0.541. The number of aryl methyl sites for hydroxylation is 2. The smallest absolute Gasteiger partial charge is 0.148 e. The molecule has 2 nitrogen and oxygen atoms in total. The van der Waals surface area contributed by atoms with Crippen molar-refractivity contribution in [1.82, 2.24) is 0 Å². The molecule has 0 unspecified atom stereocenters. The molecule has 0 saturated carbocycles. The van der Waals surface area contributed by atoms with Gasteiger partial charge in [0, 0.05) is 5.69 Å². The van der Waals surface area contributed by atoms with Gasteiger partial charge in [0.25, 0.3) is 0 Å². The highest BCUT2D eigenvalue weighted by Gasteiger charge is 2.10. The lowest BCUT2D eigenvalue weighted by atomic mass is 10.0. The molecular formula is C15H15Br2NO. The molecule has 0 aliphatic rings. The molecular weight excluding hydrogens is 370 g/mol. The number of hydrogen-bond acceptors (Lipinski definition) is 2. The molecule has 2 rings (SSSR count). The first-order valence-corrected chi connectivity index (χ1v) is 7.50. The fourth-order valence-corrected chi connectivity index (χ4v) is 3.39. The monoisotopic (exact) mass is 383 g/mol. The van der Waals surface area contributed by atoms with E-state index in [2.05, 4.69) is 63.9 Å². The lowest BCUT2D eigenvalue weighted by Gasteiger charge is -2.14. The normalized spacial score (nSPS) is 10.5. The van der Waals surface area contributed by atoms with Crippen LogP contribution in [0.3, 0.4) is 0 Å². The minimum Gasteiger partial charge on any atom is -0.487 e. The van der Waals surface area contributed by atoms with Gasteiger partial charge in [0.05, 0.1) is 8.95 Å². The molecule has 0 amide bonds. The van der Waals surface area contributed by atoms with E-state index >= 15 is 0 Å². The van der Waals surface area contributed by atoms with E-state index in [9.17, 15) is 0 Å². The van der Waals surface area contributed by atoms with Crippen LogP contribution in [0.15, 0.2) is 39.3 Å². The minimum atomic E-state index is 0.541. The Kier molecular flexibility index (Phi) is 4.53. The average molecular weight is 385 g/mol. The van der Waals surface area contributed by atoms with Crippen LogP contribution in [0.4, 0.5) is 5.69 Å². The van der Waals surface area contributed by atoms with Crippen molar-refractivity contribution in [3.63, 3.8) is 0 Å². The molecule has 4 heteroatoms. The number of anilines is 1. The van der Waals surface area contributed by atoms with E-state index in [1.807, 2.05) is 12.1 Å². The van der Waals surface area contributed by atoms with Crippen molar-refractivity contribution < 1.29 is 4.74 Å². The molecule has 0 aliphatic heterocycles. The Morgan fingerprint density at radius 3 is 2.11 bits per heavy atom. The van der Waals surface area contributed by atoms with Gasteiger partial charge in [-0.05, 0) is 74.5 Å². The topological polar surface area (TPSA) is 35.2 Å². The SMILES string of the molecule is Cc1cccc(C)c1COc1c(Br)cc(N)cc1Br. The van der Waals surface area contributed by atoms with Gasteiger partial charge in [0.1, 0.15) is 12.4 Å². The summed E-state index contributed by atoms with van der Waals surface area (Å²) >= 11 is 6.95. The molecule has 0 aliphatic carbocycles. The van der Waals surface area contributed by atoms with Crippen molar-refractivity contribution in [1.29, 1.82) is 0 Å². The maximum atomic E-state index is 5.92. The zero-order chi connectivity index (χ0) is 14.0. The van der Waals surface area contributed by atoms with Gasteiger partial charge in [0.2, 0.25) is 0 Å². The number of halogens is 2. The number of benzene rings is 2. The van der Waals surface area contributed by atoms with Crippen molar-refractivity contribution in [3.05, 3.63) is 56.0 Å². The first-order chi connectivity index (χ1) is 8.99. The molecule has 0 bridgehead atoms. The highest BCUT2D eigenvalue weighted by molar-refractivity contribution is 9.11. The quantitative estimate of drug-likeness (QED) is 0.756. The lowest BCUT2D eigenvalue weighted by molar-refractivity contribution is 0.301. The second-order valence-corrected chi connectivity index (χ2v) is 6.18. The third-order valence-corrected chi connectivity index (χ3v) is 4.20. The van der Waals surface area contributed by atoms with Crippen LogP contribution in [0, 0.1) is 13.8 Å². The third kappa shape index (κ3) is 3.31. The summed E-state index contributed by atoms with van der Waals surface area (Å²) in [6.45, 7) is 4.73. The van der Waals surface area contributed by atoms with Crippen molar-refractivity contribution in [2.75, 3.05) is 5.73 Å². The van der Waals surface area contributed by atoms with Gasteiger partial charge in [-0.15, -0.1) is 0 Å². The van der Waals surface area contributed by atoms with Gasteiger partial charge in [-0.3, -0.25) is 0 Å². The first-order valence-electron chi connectivity index (χ1n) is 5.91. The van der Waals surface area contributed by atoms with Crippen LogP contribution in [-0.2, 0) is 6.61 Å².